The van der Waals surface area contributed by atoms with Crippen molar-refractivity contribution in [2.45, 2.75) is 13.3 Å². The van der Waals surface area contributed by atoms with Gasteiger partial charge in [-0.05, 0) is 18.1 Å². The lowest BCUT2D eigenvalue weighted by Gasteiger charge is -2.06. The van der Waals surface area contributed by atoms with Crippen molar-refractivity contribution in [1.82, 2.24) is 0 Å². The molecule has 0 amide bonds. The fourth-order valence-corrected chi connectivity index (χ4v) is 1.40. The molecule has 1 aromatic carbocycles. The van der Waals surface area contributed by atoms with Gasteiger partial charge in [0.05, 0.1) is 5.02 Å². The minimum Gasteiger partial charge on any atom is -0.506 e. The summed E-state index contributed by atoms with van der Waals surface area (Å²) < 4.78 is 0. The number of hydrogen-bond acceptors (Lipinski definition) is 2. The summed E-state index contributed by atoms with van der Waals surface area (Å²) in [6, 6.07) is 1.45. The molecule has 1 aromatic rings. The standard InChI is InChI=1S/C8H8Cl2O2/c1-2-4-3-5(11)7(10)8(12)6(4)9/h3,11-12H,2H2,1H3. The van der Waals surface area contributed by atoms with Crippen molar-refractivity contribution in [3.8, 4) is 11.5 Å². The average molecular weight is 207 g/mol. The van der Waals surface area contributed by atoms with Crippen molar-refractivity contribution in [2.75, 3.05) is 0 Å². The second kappa shape index (κ2) is 3.42. The van der Waals surface area contributed by atoms with E-state index < -0.39 is 0 Å². The van der Waals surface area contributed by atoms with Crippen molar-refractivity contribution >= 4 is 23.2 Å². The van der Waals surface area contributed by atoms with Gasteiger partial charge in [0, 0.05) is 0 Å². The zero-order chi connectivity index (χ0) is 9.30. The summed E-state index contributed by atoms with van der Waals surface area (Å²) in [7, 11) is 0. The van der Waals surface area contributed by atoms with Crippen LogP contribution in [0.3, 0.4) is 0 Å². The molecule has 2 nitrogen and oxygen atoms in total. The van der Waals surface area contributed by atoms with Crippen LogP contribution in [0.2, 0.25) is 10.0 Å². The fourth-order valence-electron chi connectivity index (χ4n) is 0.919. The van der Waals surface area contributed by atoms with Gasteiger partial charge in [-0.2, -0.15) is 0 Å². The molecule has 0 fully saturated rings. The molecule has 1 rings (SSSR count). The van der Waals surface area contributed by atoms with Gasteiger partial charge in [-0.15, -0.1) is 0 Å². The third kappa shape index (κ3) is 1.45. The maximum atomic E-state index is 9.28. The first-order valence-corrected chi connectivity index (χ1v) is 4.22. The monoisotopic (exact) mass is 206 g/mol. The number of aryl methyl sites for hydroxylation is 1. The molecule has 12 heavy (non-hydrogen) atoms. The van der Waals surface area contributed by atoms with Crippen LogP contribution in [0, 0.1) is 0 Å². The molecule has 0 saturated carbocycles. The first-order valence-electron chi connectivity index (χ1n) is 3.46. The number of phenolic OH excluding ortho intramolecular Hbond substituents is 2. The maximum Gasteiger partial charge on any atom is 0.156 e. The Kier molecular flexibility index (Phi) is 2.70. The highest BCUT2D eigenvalue weighted by Crippen LogP contribution is 2.40. The second-order valence-corrected chi connectivity index (χ2v) is 3.14. The summed E-state index contributed by atoms with van der Waals surface area (Å²) in [6.07, 6.45) is 0.636. The largest absolute Gasteiger partial charge is 0.506 e. The average Bonchev–Trinajstić information content (AvgIpc) is 2.08. The van der Waals surface area contributed by atoms with Gasteiger partial charge in [0.2, 0.25) is 0 Å². The van der Waals surface area contributed by atoms with Crippen LogP contribution in [0.4, 0.5) is 0 Å². The number of benzene rings is 1. The van der Waals surface area contributed by atoms with Gasteiger partial charge in [-0.3, -0.25) is 0 Å². The molecule has 0 saturated heterocycles. The smallest absolute Gasteiger partial charge is 0.156 e. The highest BCUT2D eigenvalue weighted by atomic mass is 35.5. The summed E-state index contributed by atoms with van der Waals surface area (Å²) in [6.45, 7) is 1.87. The summed E-state index contributed by atoms with van der Waals surface area (Å²) in [5.74, 6) is -0.398. The number of phenols is 2. The Balaban J connectivity index is 3.39. The molecule has 0 aliphatic heterocycles. The van der Waals surface area contributed by atoms with E-state index in [-0.39, 0.29) is 21.5 Å². The van der Waals surface area contributed by atoms with Crippen LogP contribution in [-0.2, 0) is 6.42 Å². The Labute approximate surface area is 80.4 Å². The predicted molar refractivity (Wildman–Crippen MR) is 49.2 cm³/mol. The van der Waals surface area contributed by atoms with Gasteiger partial charge in [-0.25, -0.2) is 0 Å². The normalized spacial score (nSPS) is 10.2. The molecule has 0 unspecified atom stereocenters. The fraction of sp³-hybridized carbons (Fsp3) is 0.250. The van der Waals surface area contributed by atoms with Crippen molar-refractivity contribution in [2.24, 2.45) is 0 Å². The van der Waals surface area contributed by atoms with E-state index in [1.807, 2.05) is 6.92 Å². The van der Waals surface area contributed by atoms with E-state index in [1.165, 1.54) is 6.07 Å². The van der Waals surface area contributed by atoms with E-state index in [4.69, 9.17) is 23.2 Å². The first kappa shape index (κ1) is 9.49. The zero-order valence-electron chi connectivity index (χ0n) is 6.43. The molecule has 66 valence electrons. The number of halogens is 2. The lowest BCUT2D eigenvalue weighted by Crippen LogP contribution is -1.84. The Morgan fingerprint density at radius 3 is 2.33 bits per heavy atom. The molecule has 2 N–H and O–H groups in total. The molecule has 0 aliphatic rings. The summed E-state index contributed by atoms with van der Waals surface area (Å²) in [5, 5.41) is 18.6. The van der Waals surface area contributed by atoms with E-state index in [0.717, 1.165) is 0 Å². The number of aromatic hydroxyl groups is 2. The zero-order valence-corrected chi connectivity index (χ0v) is 7.95. The third-order valence-electron chi connectivity index (χ3n) is 1.61. The molecule has 0 atom stereocenters. The highest BCUT2D eigenvalue weighted by Gasteiger charge is 2.12. The van der Waals surface area contributed by atoms with Crippen LogP contribution in [-0.4, -0.2) is 10.2 Å². The Morgan fingerprint density at radius 1 is 1.25 bits per heavy atom. The first-order chi connectivity index (χ1) is 5.57. The number of hydrogen-bond donors (Lipinski definition) is 2. The van der Waals surface area contributed by atoms with Crippen LogP contribution in [0.5, 0.6) is 11.5 Å². The van der Waals surface area contributed by atoms with Gasteiger partial charge in [-0.1, -0.05) is 30.1 Å². The van der Waals surface area contributed by atoms with E-state index in [1.54, 1.807) is 0 Å². The minimum atomic E-state index is -0.254. The van der Waals surface area contributed by atoms with Gasteiger partial charge >= 0.3 is 0 Å². The van der Waals surface area contributed by atoms with Crippen LogP contribution in [0.15, 0.2) is 6.07 Å². The molecule has 0 bridgehead atoms. The van der Waals surface area contributed by atoms with E-state index >= 15 is 0 Å². The van der Waals surface area contributed by atoms with E-state index in [2.05, 4.69) is 0 Å². The molecule has 0 aliphatic carbocycles. The topological polar surface area (TPSA) is 40.5 Å². The second-order valence-electron chi connectivity index (χ2n) is 2.38. The molecular formula is C8H8Cl2O2. The molecular weight excluding hydrogens is 199 g/mol. The quantitative estimate of drug-likeness (QED) is 0.743. The van der Waals surface area contributed by atoms with Crippen LogP contribution >= 0.6 is 23.2 Å². The summed E-state index contributed by atoms with van der Waals surface area (Å²) >= 11 is 11.3. The third-order valence-corrected chi connectivity index (χ3v) is 2.41. The summed E-state index contributed by atoms with van der Waals surface area (Å²) in [5.41, 5.74) is 0.677. The highest BCUT2D eigenvalue weighted by molar-refractivity contribution is 6.38. The van der Waals surface area contributed by atoms with Crippen LogP contribution < -0.4 is 0 Å². The maximum absolute atomic E-state index is 9.28. The lowest BCUT2D eigenvalue weighted by atomic mass is 10.1. The van der Waals surface area contributed by atoms with Crippen molar-refractivity contribution < 1.29 is 10.2 Å². The number of rotatable bonds is 1. The van der Waals surface area contributed by atoms with Gasteiger partial charge in [0.15, 0.2) is 5.75 Å². The van der Waals surface area contributed by atoms with Crippen molar-refractivity contribution in [1.29, 1.82) is 0 Å². The minimum absolute atomic E-state index is 0.0998. The van der Waals surface area contributed by atoms with Crippen molar-refractivity contribution in [3.63, 3.8) is 0 Å². The molecule has 0 spiro atoms. The van der Waals surface area contributed by atoms with Gasteiger partial charge in [0.25, 0.3) is 0 Å². The Morgan fingerprint density at radius 2 is 1.83 bits per heavy atom. The van der Waals surface area contributed by atoms with Crippen LogP contribution in [0.25, 0.3) is 0 Å². The Hall–Kier alpha value is -0.600. The predicted octanol–water partition coefficient (Wildman–Crippen LogP) is 2.97. The van der Waals surface area contributed by atoms with Crippen molar-refractivity contribution in [3.05, 3.63) is 21.7 Å². The summed E-state index contributed by atoms with van der Waals surface area (Å²) in [4.78, 5) is 0. The molecule has 4 heteroatoms. The lowest BCUT2D eigenvalue weighted by molar-refractivity contribution is 0.450. The molecule has 0 heterocycles. The van der Waals surface area contributed by atoms with Gasteiger partial charge in [0.1, 0.15) is 10.8 Å². The van der Waals surface area contributed by atoms with Gasteiger partial charge < -0.3 is 10.2 Å². The van der Waals surface area contributed by atoms with E-state index in [9.17, 15) is 10.2 Å². The van der Waals surface area contributed by atoms with Crippen LogP contribution in [0.1, 0.15) is 12.5 Å². The molecule has 0 aromatic heterocycles. The van der Waals surface area contributed by atoms with E-state index in [0.29, 0.717) is 12.0 Å². The molecule has 0 radical (unpaired) electrons. The Bertz CT molecular complexity index is 310. The SMILES string of the molecule is CCc1cc(O)c(Cl)c(O)c1Cl.